The predicted molar refractivity (Wildman–Crippen MR) is 60.6 cm³/mol. The second-order valence-corrected chi connectivity index (χ2v) is 6.05. The van der Waals surface area contributed by atoms with Crippen LogP contribution in [0.5, 0.6) is 0 Å². The first-order valence-electron chi connectivity index (χ1n) is 5.96. The molecule has 17 heavy (non-hydrogen) atoms. The quantitative estimate of drug-likeness (QED) is 0.759. The Morgan fingerprint density at radius 3 is 2.59 bits per heavy atom. The van der Waals surface area contributed by atoms with E-state index < -0.39 is 23.1 Å². The SMILES string of the molecule is CC(C)(C)OC(=O)N1CC[C@H]2C[C@]2(C(=O)O)C1. The standard InChI is InChI=1S/C12H19NO4/c1-11(2,3)17-10(16)13-5-4-8-6-12(8,7-13)9(14)15/h8H,4-7H2,1-3H3,(H,14,15)/t8-,12-/m0/s1. The van der Waals surface area contributed by atoms with Crippen molar-refractivity contribution in [3.05, 3.63) is 0 Å². The summed E-state index contributed by atoms with van der Waals surface area (Å²) in [6, 6.07) is 0. The van der Waals surface area contributed by atoms with E-state index in [0.717, 1.165) is 6.42 Å². The van der Waals surface area contributed by atoms with Crippen molar-refractivity contribution in [1.29, 1.82) is 0 Å². The van der Waals surface area contributed by atoms with Gasteiger partial charge in [0.15, 0.2) is 0 Å². The lowest BCUT2D eigenvalue weighted by molar-refractivity contribution is -0.145. The number of hydrogen-bond acceptors (Lipinski definition) is 3. The van der Waals surface area contributed by atoms with Crippen molar-refractivity contribution < 1.29 is 19.4 Å². The lowest BCUT2D eigenvalue weighted by Crippen LogP contribution is -2.45. The number of carboxylic acids is 1. The van der Waals surface area contributed by atoms with Crippen molar-refractivity contribution in [2.75, 3.05) is 13.1 Å². The fourth-order valence-corrected chi connectivity index (χ4v) is 2.50. The van der Waals surface area contributed by atoms with Gasteiger partial charge in [-0.2, -0.15) is 0 Å². The minimum absolute atomic E-state index is 0.249. The average Bonchev–Trinajstić information content (AvgIpc) is 2.88. The molecule has 1 amide bonds. The van der Waals surface area contributed by atoms with Gasteiger partial charge in [0.1, 0.15) is 5.60 Å². The minimum Gasteiger partial charge on any atom is -0.481 e. The number of amides is 1. The summed E-state index contributed by atoms with van der Waals surface area (Å²) < 4.78 is 5.26. The van der Waals surface area contributed by atoms with Gasteiger partial charge >= 0.3 is 12.1 Å². The molecule has 1 aliphatic carbocycles. The van der Waals surface area contributed by atoms with Gasteiger partial charge < -0.3 is 14.7 Å². The molecule has 0 aromatic carbocycles. The van der Waals surface area contributed by atoms with E-state index in [-0.39, 0.29) is 5.92 Å². The number of likely N-dealkylation sites (tertiary alicyclic amines) is 1. The number of carbonyl (C=O) groups is 2. The molecule has 0 aromatic heterocycles. The molecule has 2 rings (SSSR count). The van der Waals surface area contributed by atoms with E-state index in [9.17, 15) is 14.7 Å². The normalized spacial score (nSPS) is 31.7. The molecular weight excluding hydrogens is 222 g/mol. The number of carboxylic acid groups (broad SMARTS) is 1. The van der Waals surface area contributed by atoms with Crippen LogP contribution >= 0.6 is 0 Å². The number of rotatable bonds is 1. The first-order valence-corrected chi connectivity index (χ1v) is 5.96. The Bertz CT molecular complexity index is 360. The van der Waals surface area contributed by atoms with Crippen LogP contribution in [0.3, 0.4) is 0 Å². The maximum Gasteiger partial charge on any atom is 0.410 e. The number of nitrogens with zero attached hydrogens (tertiary/aromatic N) is 1. The monoisotopic (exact) mass is 241 g/mol. The van der Waals surface area contributed by atoms with Crippen LogP contribution in [0.2, 0.25) is 0 Å². The van der Waals surface area contributed by atoms with E-state index in [2.05, 4.69) is 0 Å². The van der Waals surface area contributed by atoms with Gasteiger partial charge in [-0.15, -0.1) is 0 Å². The van der Waals surface area contributed by atoms with Crippen molar-refractivity contribution in [3.63, 3.8) is 0 Å². The zero-order valence-corrected chi connectivity index (χ0v) is 10.5. The summed E-state index contributed by atoms with van der Waals surface area (Å²) in [7, 11) is 0. The molecule has 96 valence electrons. The molecule has 2 fully saturated rings. The van der Waals surface area contributed by atoms with Crippen LogP contribution < -0.4 is 0 Å². The van der Waals surface area contributed by atoms with Crippen molar-refractivity contribution in [1.82, 2.24) is 4.90 Å². The van der Waals surface area contributed by atoms with Gasteiger partial charge in [0.05, 0.1) is 5.41 Å². The maximum atomic E-state index is 11.9. The molecule has 1 N–H and O–H groups in total. The third kappa shape index (κ3) is 2.23. The molecule has 1 heterocycles. The highest BCUT2D eigenvalue weighted by Crippen LogP contribution is 2.57. The Morgan fingerprint density at radius 1 is 1.41 bits per heavy atom. The largest absolute Gasteiger partial charge is 0.481 e. The lowest BCUT2D eigenvalue weighted by atomic mass is 9.98. The number of hydrogen-bond donors (Lipinski definition) is 1. The fourth-order valence-electron chi connectivity index (χ4n) is 2.50. The van der Waals surface area contributed by atoms with Gasteiger partial charge in [0.2, 0.25) is 0 Å². The van der Waals surface area contributed by atoms with Crippen molar-refractivity contribution in [3.8, 4) is 0 Å². The van der Waals surface area contributed by atoms with Crippen LogP contribution in [-0.2, 0) is 9.53 Å². The van der Waals surface area contributed by atoms with Crippen molar-refractivity contribution in [2.45, 2.75) is 39.2 Å². The fraction of sp³-hybridized carbons (Fsp3) is 0.833. The van der Waals surface area contributed by atoms with E-state index in [1.807, 2.05) is 20.8 Å². The van der Waals surface area contributed by atoms with Crippen molar-refractivity contribution >= 4 is 12.1 Å². The van der Waals surface area contributed by atoms with Crippen molar-refractivity contribution in [2.24, 2.45) is 11.3 Å². The number of carbonyl (C=O) groups excluding carboxylic acids is 1. The third-order valence-electron chi connectivity index (χ3n) is 3.53. The second kappa shape index (κ2) is 3.62. The summed E-state index contributed by atoms with van der Waals surface area (Å²) in [4.78, 5) is 24.6. The molecular formula is C12H19NO4. The van der Waals surface area contributed by atoms with Crippen LogP contribution in [-0.4, -0.2) is 40.8 Å². The van der Waals surface area contributed by atoms with E-state index in [4.69, 9.17) is 4.74 Å². The highest BCUT2D eigenvalue weighted by atomic mass is 16.6. The Hall–Kier alpha value is -1.26. The first-order chi connectivity index (χ1) is 7.74. The number of piperidine rings is 1. The van der Waals surface area contributed by atoms with E-state index in [1.54, 1.807) is 0 Å². The molecule has 2 atom stereocenters. The molecule has 0 spiro atoms. The van der Waals surface area contributed by atoms with E-state index >= 15 is 0 Å². The molecule has 0 unspecified atom stereocenters. The number of aliphatic carboxylic acids is 1. The maximum absolute atomic E-state index is 11.9. The van der Waals surface area contributed by atoms with Crippen LogP contribution in [0.1, 0.15) is 33.6 Å². The zero-order valence-electron chi connectivity index (χ0n) is 10.5. The molecule has 0 aromatic rings. The van der Waals surface area contributed by atoms with Gasteiger partial charge in [-0.1, -0.05) is 0 Å². The Balaban J connectivity index is 2.00. The molecule has 2 aliphatic rings. The van der Waals surface area contributed by atoms with E-state index in [0.29, 0.717) is 19.5 Å². The molecule has 1 saturated carbocycles. The molecule has 0 radical (unpaired) electrons. The predicted octanol–water partition coefficient (Wildman–Crippen LogP) is 1.72. The smallest absolute Gasteiger partial charge is 0.410 e. The summed E-state index contributed by atoms with van der Waals surface area (Å²) >= 11 is 0. The summed E-state index contributed by atoms with van der Waals surface area (Å²) in [5.74, 6) is -0.533. The second-order valence-electron chi connectivity index (χ2n) is 6.05. The topological polar surface area (TPSA) is 66.8 Å². The summed E-state index contributed by atoms with van der Waals surface area (Å²) in [5.41, 5.74) is -1.22. The van der Waals surface area contributed by atoms with Gasteiger partial charge in [0.25, 0.3) is 0 Å². The van der Waals surface area contributed by atoms with Crippen LogP contribution in [0.4, 0.5) is 4.79 Å². The Labute approximate surface area is 101 Å². The molecule has 5 nitrogen and oxygen atoms in total. The minimum atomic E-state index is -0.782. The highest BCUT2D eigenvalue weighted by Gasteiger charge is 2.63. The average molecular weight is 241 g/mol. The van der Waals surface area contributed by atoms with Gasteiger partial charge in [-0.25, -0.2) is 4.79 Å². The van der Waals surface area contributed by atoms with Gasteiger partial charge in [-0.3, -0.25) is 4.79 Å². The third-order valence-corrected chi connectivity index (χ3v) is 3.53. The summed E-state index contributed by atoms with van der Waals surface area (Å²) in [5, 5.41) is 9.19. The molecule has 1 aliphatic heterocycles. The number of ether oxygens (including phenoxy) is 1. The molecule has 0 bridgehead atoms. The summed E-state index contributed by atoms with van der Waals surface area (Å²) in [6.45, 7) is 6.32. The van der Waals surface area contributed by atoms with E-state index in [1.165, 1.54) is 4.90 Å². The van der Waals surface area contributed by atoms with Gasteiger partial charge in [-0.05, 0) is 39.5 Å². The van der Waals surface area contributed by atoms with Crippen LogP contribution in [0.15, 0.2) is 0 Å². The first kappa shape index (κ1) is 12.2. The molecule has 5 heteroatoms. The Morgan fingerprint density at radius 2 is 2.06 bits per heavy atom. The zero-order chi connectivity index (χ0) is 12.8. The van der Waals surface area contributed by atoms with Gasteiger partial charge in [0, 0.05) is 13.1 Å². The van der Waals surface area contributed by atoms with Crippen LogP contribution in [0.25, 0.3) is 0 Å². The summed E-state index contributed by atoms with van der Waals surface area (Å²) in [6.07, 6.45) is 1.07. The molecule has 1 saturated heterocycles. The lowest BCUT2D eigenvalue weighted by Gasteiger charge is -2.32. The highest BCUT2D eigenvalue weighted by molar-refractivity contribution is 5.80. The van der Waals surface area contributed by atoms with Crippen LogP contribution in [0, 0.1) is 11.3 Å². The number of fused-ring (bicyclic) bond motifs is 1. The Kier molecular flexibility index (Phi) is 2.60.